The number of benzene rings is 1. The summed E-state index contributed by atoms with van der Waals surface area (Å²) in [7, 11) is 1.13. The van der Waals surface area contributed by atoms with E-state index in [4.69, 9.17) is 0 Å². The summed E-state index contributed by atoms with van der Waals surface area (Å²) in [5.41, 5.74) is -0.836. The predicted octanol–water partition coefficient (Wildman–Crippen LogP) is 3.73. The van der Waals surface area contributed by atoms with Crippen molar-refractivity contribution < 1.29 is 22.4 Å². The third-order valence-corrected chi connectivity index (χ3v) is 2.53. The van der Waals surface area contributed by atoms with Crippen LogP contribution in [0.1, 0.15) is 5.56 Å². The minimum atomic E-state index is -4.45. The summed E-state index contributed by atoms with van der Waals surface area (Å²) >= 11 is 0.591. The standard InChI is InChI=1S/C9H7F4NOS/c1-14(8(10)15)16-7-4-2-3-6(5-7)9(11,12)13/h2-5H,1H3. The highest BCUT2D eigenvalue weighted by atomic mass is 32.2. The van der Waals surface area contributed by atoms with E-state index in [2.05, 4.69) is 0 Å². The lowest BCUT2D eigenvalue weighted by Gasteiger charge is -2.12. The number of hydrogen-bond donors (Lipinski definition) is 0. The van der Waals surface area contributed by atoms with E-state index >= 15 is 0 Å². The van der Waals surface area contributed by atoms with Gasteiger partial charge in [0.2, 0.25) is 0 Å². The lowest BCUT2D eigenvalue weighted by atomic mass is 10.2. The Balaban J connectivity index is 2.87. The van der Waals surface area contributed by atoms with Crippen molar-refractivity contribution in [2.45, 2.75) is 11.1 Å². The Kier molecular flexibility index (Phi) is 3.79. The first kappa shape index (κ1) is 12.8. The Labute approximate surface area is 93.4 Å². The first-order chi connectivity index (χ1) is 7.30. The van der Waals surface area contributed by atoms with Crippen molar-refractivity contribution in [1.82, 2.24) is 4.31 Å². The van der Waals surface area contributed by atoms with Crippen molar-refractivity contribution in [2.75, 3.05) is 7.05 Å². The van der Waals surface area contributed by atoms with Gasteiger partial charge in [-0.1, -0.05) is 6.07 Å². The largest absolute Gasteiger partial charge is 0.416 e. The molecule has 0 heterocycles. The molecule has 0 bridgehead atoms. The van der Waals surface area contributed by atoms with Crippen LogP contribution in [0.25, 0.3) is 0 Å². The fourth-order valence-electron chi connectivity index (χ4n) is 0.923. The van der Waals surface area contributed by atoms with Gasteiger partial charge in [-0.05, 0) is 30.1 Å². The van der Waals surface area contributed by atoms with Crippen molar-refractivity contribution in [3.63, 3.8) is 0 Å². The number of carbonyl (C=O) groups is 1. The summed E-state index contributed by atoms with van der Waals surface area (Å²) in [5.74, 6) is 0. The van der Waals surface area contributed by atoms with E-state index in [-0.39, 0.29) is 4.90 Å². The van der Waals surface area contributed by atoms with Crippen molar-refractivity contribution in [1.29, 1.82) is 0 Å². The number of hydrogen-bond acceptors (Lipinski definition) is 2. The molecule has 0 aliphatic carbocycles. The molecule has 0 N–H and O–H groups in total. The van der Waals surface area contributed by atoms with Gasteiger partial charge >= 0.3 is 12.3 Å². The van der Waals surface area contributed by atoms with Gasteiger partial charge in [0.05, 0.1) is 5.56 Å². The summed E-state index contributed by atoms with van der Waals surface area (Å²) in [5, 5.41) is 0. The lowest BCUT2D eigenvalue weighted by molar-refractivity contribution is -0.137. The monoisotopic (exact) mass is 253 g/mol. The zero-order valence-electron chi connectivity index (χ0n) is 8.08. The summed E-state index contributed by atoms with van der Waals surface area (Å²) in [6.07, 6.45) is -6.17. The molecule has 1 aromatic rings. The highest BCUT2D eigenvalue weighted by molar-refractivity contribution is 7.97. The number of amides is 1. The molecule has 1 aromatic carbocycles. The molecule has 0 saturated heterocycles. The second-order valence-electron chi connectivity index (χ2n) is 2.87. The fourth-order valence-corrected chi connectivity index (χ4v) is 1.63. The molecule has 0 saturated carbocycles. The molecule has 1 amide bonds. The lowest BCUT2D eigenvalue weighted by Crippen LogP contribution is -2.12. The first-order valence-corrected chi connectivity index (χ1v) is 4.86. The molecule has 0 radical (unpaired) electrons. The van der Waals surface area contributed by atoms with Crippen molar-refractivity contribution in [2.24, 2.45) is 0 Å². The first-order valence-electron chi connectivity index (χ1n) is 4.09. The zero-order valence-corrected chi connectivity index (χ0v) is 8.90. The van der Waals surface area contributed by atoms with Crippen LogP contribution in [-0.4, -0.2) is 17.5 Å². The van der Waals surface area contributed by atoms with Gasteiger partial charge < -0.3 is 0 Å². The number of nitrogens with zero attached hydrogens (tertiary/aromatic N) is 1. The summed E-state index contributed by atoms with van der Waals surface area (Å²) in [6, 6.07) is 4.31. The zero-order chi connectivity index (χ0) is 12.3. The van der Waals surface area contributed by atoms with E-state index in [1.807, 2.05) is 0 Å². The van der Waals surface area contributed by atoms with E-state index < -0.39 is 17.9 Å². The third-order valence-electron chi connectivity index (χ3n) is 1.65. The van der Waals surface area contributed by atoms with Crippen molar-refractivity contribution >= 4 is 18.1 Å². The molecular weight excluding hydrogens is 246 g/mol. The van der Waals surface area contributed by atoms with Gasteiger partial charge in [-0.2, -0.15) is 13.2 Å². The molecule has 1 rings (SSSR count). The molecule has 16 heavy (non-hydrogen) atoms. The fraction of sp³-hybridized carbons (Fsp3) is 0.222. The van der Waals surface area contributed by atoms with Crippen molar-refractivity contribution in [3.8, 4) is 0 Å². The molecule has 0 atom stereocenters. The molecule has 0 spiro atoms. The summed E-state index contributed by atoms with van der Waals surface area (Å²) in [6.45, 7) is 0. The van der Waals surface area contributed by atoms with Crippen LogP contribution in [-0.2, 0) is 6.18 Å². The van der Waals surface area contributed by atoms with E-state index in [0.29, 0.717) is 16.3 Å². The second-order valence-corrected chi connectivity index (χ2v) is 4.07. The molecular formula is C9H7F4NOS. The average Bonchev–Trinajstić information content (AvgIpc) is 2.16. The number of alkyl halides is 3. The highest BCUT2D eigenvalue weighted by Crippen LogP contribution is 2.32. The van der Waals surface area contributed by atoms with Gasteiger partial charge in [-0.25, -0.2) is 4.79 Å². The SMILES string of the molecule is CN(Sc1cccc(C(F)(F)F)c1)C(=O)F. The normalized spacial score (nSPS) is 11.3. The minimum absolute atomic E-state index is 0.142. The molecule has 0 unspecified atom stereocenters. The number of carbonyl (C=O) groups excluding carboxylic acids is 1. The quantitative estimate of drug-likeness (QED) is 0.346. The highest BCUT2D eigenvalue weighted by Gasteiger charge is 2.30. The van der Waals surface area contributed by atoms with Crippen LogP contribution in [0.2, 0.25) is 0 Å². The maximum Gasteiger partial charge on any atom is 0.416 e. The van der Waals surface area contributed by atoms with Gasteiger partial charge in [-0.15, -0.1) is 4.39 Å². The maximum absolute atomic E-state index is 12.3. The van der Waals surface area contributed by atoms with Gasteiger partial charge in [0.1, 0.15) is 0 Å². The molecule has 0 aromatic heterocycles. The van der Waals surface area contributed by atoms with Crippen LogP contribution in [0.4, 0.5) is 22.4 Å². The predicted molar refractivity (Wildman–Crippen MR) is 51.6 cm³/mol. The van der Waals surface area contributed by atoms with E-state index in [9.17, 15) is 22.4 Å². The molecule has 0 aliphatic heterocycles. The van der Waals surface area contributed by atoms with Crippen LogP contribution in [0.3, 0.4) is 0 Å². The topological polar surface area (TPSA) is 20.3 Å². The van der Waals surface area contributed by atoms with Crippen LogP contribution in [0.5, 0.6) is 0 Å². The van der Waals surface area contributed by atoms with E-state index in [0.717, 1.165) is 19.2 Å². The van der Waals surface area contributed by atoms with E-state index in [1.165, 1.54) is 12.1 Å². The summed E-state index contributed by atoms with van der Waals surface area (Å²) < 4.78 is 49.7. The molecule has 7 heteroatoms. The Bertz CT molecular complexity index is 393. The van der Waals surface area contributed by atoms with Gasteiger partial charge in [-0.3, -0.25) is 4.31 Å². The number of halogens is 4. The Morgan fingerprint density at radius 3 is 2.50 bits per heavy atom. The van der Waals surface area contributed by atoms with E-state index in [1.54, 1.807) is 0 Å². The van der Waals surface area contributed by atoms with Crippen LogP contribution in [0, 0.1) is 0 Å². The van der Waals surface area contributed by atoms with Gasteiger partial charge in [0, 0.05) is 11.9 Å². The third kappa shape index (κ3) is 3.41. The van der Waals surface area contributed by atoms with Gasteiger partial charge in [0.25, 0.3) is 0 Å². The number of rotatable bonds is 2. The molecule has 2 nitrogen and oxygen atoms in total. The van der Waals surface area contributed by atoms with Gasteiger partial charge in [0.15, 0.2) is 0 Å². The molecule has 0 fully saturated rings. The molecule has 88 valence electrons. The van der Waals surface area contributed by atoms with Crippen LogP contribution in [0.15, 0.2) is 29.2 Å². The van der Waals surface area contributed by atoms with Crippen molar-refractivity contribution in [3.05, 3.63) is 29.8 Å². The second kappa shape index (κ2) is 4.73. The smallest absolute Gasteiger partial charge is 0.257 e. The maximum atomic E-state index is 12.3. The van der Waals surface area contributed by atoms with Crippen LogP contribution < -0.4 is 0 Å². The minimum Gasteiger partial charge on any atom is -0.257 e. The van der Waals surface area contributed by atoms with Crippen LogP contribution >= 0.6 is 11.9 Å². The summed E-state index contributed by atoms with van der Waals surface area (Å²) in [4.78, 5) is 10.4. The molecule has 0 aliphatic rings. The average molecular weight is 253 g/mol. The Morgan fingerprint density at radius 2 is 2.00 bits per heavy atom. The Morgan fingerprint density at radius 1 is 1.38 bits per heavy atom. The Hall–Kier alpha value is -1.24.